The smallest absolute Gasteiger partial charge is 0.333 e. The highest BCUT2D eigenvalue weighted by molar-refractivity contribution is 5.93. The molecule has 0 heterocycles. The quantitative estimate of drug-likeness (QED) is 0.557. The maximum Gasteiger partial charge on any atom is 0.333 e. The zero-order valence-corrected chi connectivity index (χ0v) is 14.1. The summed E-state index contributed by atoms with van der Waals surface area (Å²) >= 11 is 0. The van der Waals surface area contributed by atoms with Crippen molar-refractivity contribution in [2.75, 3.05) is 7.11 Å². The number of ether oxygens (including phenoxy) is 1. The minimum Gasteiger partial charge on any atom is -0.466 e. The first-order chi connectivity index (χ1) is 12.1. The van der Waals surface area contributed by atoms with Crippen LogP contribution in [0.25, 0.3) is 10.8 Å². The molecular formula is C22H20O3. The van der Waals surface area contributed by atoms with Crippen molar-refractivity contribution in [1.29, 1.82) is 0 Å². The monoisotopic (exact) mass is 332 g/mol. The number of fused-ring (bicyclic) bond motifs is 1. The van der Waals surface area contributed by atoms with Crippen molar-refractivity contribution in [2.24, 2.45) is 0 Å². The van der Waals surface area contributed by atoms with Crippen LogP contribution in [-0.2, 0) is 9.53 Å². The number of benzene rings is 3. The number of rotatable bonds is 5. The summed E-state index contributed by atoms with van der Waals surface area (Å²) in [6, 6.07) is 23.0. The number of carbonyl (C=O) groups excluding carboxylic acids is 1. The molecule has 0 aliphatic carbocycles. The first-order valence-electron chi connectivity index (χ1n) is 8.11. The van der Waals surface area contributed by atoms with Crippen LogP contribution in [0.15, 0.2) is 84.9 Å². The van der Waals surface area contributed by atoms with E-state index >= 15 is 0 Å². The topological polar surface area (TPSA) is 46.5 Å². The predicted octanol–water partition coefficient (Wildman–Crippen LogP) is 4.39. The van der Waals surface area contributed by atoms with Gasteiger partial charge in [-0.2, -0.15) is 0 Å². The predicted molar refractivity (Wildman–Crippen MR) is 99.2 cm³/mol. The molecule has 0 unspecified atom stereocenters. The Bertz CT molecular complexity index is 894. The molecule has 3 heteroatoms. The fourth-order valence-electron chi connectivity index (χ4n) is 3.17. The van der Waals surface area contributed by atoms with E-state index in [1.54, 1.807) is 0 Å². The molecule has 3 aromatic carbocycles. The number of methoxy groups -OCH3 is 1. The van der Waals surface area contributed by atoms with Crippen molar-refractivity contribution in [3.8, 4) is 0 Å². The average molecular weight is 332 g/mol. The van der Waals surface area contributed by atoms with Crippen molar-refractivity contribution in [2.45, 2.75) is 12.0 Å². The lowest BCUT2D eigenvalue weighted by Crippen LogP contribution is -2.19. The third kappa shape index (κ3) is 3.32. The molecular weight excluding hydrogens is 312 g/mol. The molecule has 3 nitrogen and oxygen atoms in total. The third-order valence-electron chi connectivity index (χ3n) is 4.44. The van der Waals surface area contributed by atoms with Crippen LogP contribution < -0.4 is 0 Å². The second-order valence-corrected chi connectivity index (χ2v) is 5.92. The lowest BCUT2D eigenvalue weighted by molar-refractivity contribution is -0.136. The fraction of sp³-hybridized carbons (Fsp3) is 0.136. The van der Waals surface area contributed by atoms with E-state index in [1.165, 1.54) is 7.11 Å². The minimum absolute atomic E-state index is 0.232. The van der Waals surface area contributed by atoms with Crippen LogP contribution in [0.1, 0.15) is 23.1 Å². The maximum atomic E-state index is 12.2. The summed E-state index contributed by atoms with van der Waals surface area (Å²) in [5.41, 5.74) is 1.81. The Morgan fingerprint density at radius 2 is 1.60 bits per heavy atom. The van der Waals surface area contributed by atoms with Crippen LogP contribution in [0.3, 0.4) is 0 Å². The van der Waals surface area contributed by atoms with Gasteiger partial charge in [0, 0.05) is 11.5 Å². The molecule has 0 fully saturated rings. The average Bonchev–Trinajstić information content (AvgIpc) is 2.68. The molecule has 3 aromatic rings. The molecule has 0 saturated heterocycles. The largest absolute Gasteiger partial charge is 0.466 e. The number of hydrogen-bond acceptors (Lipinski definition) is 3. The molecule has 2 atom stereocenters. The molecule has 1 N–H and O–H groups in total. The van der Waals surface area contributed by atoms with Crippen LogP contribution in [0.2, 0.25) is 0 Å². The highest BCUT2D eigenvalue weighted by atomic mass is 16.5. The molecule has 0 spiro atoms. The van der Waals surface area contributed by atoms with Gasteiger partial charge in [-0.1, -0.05) is 79.4 Å². The first-order valence-corrected chi connectivity index (χ1v) is 8.11. The van der Waals surface area contributed by atoms with Crippen LogP contribution >= 0.6 is 0 Å². The standard InChI is InChI=1S/C22H20O3/c1-15(22(24)25-2)20(21(23)17-10-4-3-5-11-17)19-14-8-12-16-9-6-7-13-18(16)19/h3-14,20-21,23H,1H2,2H3/t20-,21+/m0/s1. The lowest BCUT2D eigenvalue weighted by atomic mass is 9.81. The number of carbonyl (C=O) groups is 1. The number of aliphatic hydroxyl groups excluding tert-OH is 1. The summed E-state index contributed by atoms with van der Waals surface area (Å²) in [6.45, 7) is 3.92. The second-order valence-electron chi connectivity index (χ2n) is 5.92. The summed E-state index contributed by atoms with van der Waals surface area (Å²) in [5.74, 6) is -1.12. The SMILES string of the molecule is C=C(C(=O)OC)[C@@H](c1cccc2ccccc12)[C@H](O)c1ccccc1. The lowest BCUT2D eigenvalue weighted by Gasteiger charge is -2.26. The van der Waals surface area contributed by atoms with Crippen LogP contribution in [0.4, 0.5) is 0 Å². The Morgan fingerprint density at radius 3 is 2.32 bits per heavy atom. The van der Waals surface area contributed by atoms with Crippen LogP contribution in [-0.4, -0.2) is 18.2 Å². The van der Waals surface area contributed by atoms with E-state index in [4.69, 9.17) is 4.74 Å². The maximum absolute atomic E-state index is 12.2. The van der Waals surface area contributed by atoms with Gasteiger partial charge in [0.15, 0.2) is 0 Å². The Morgan fingerprint density at radius 1 is 0.960 bits per heavy atom. The van der Waals surface area contributed by atoms with E-state index in [0.29, 0.717) is 0 Å². The zero-order chi connectivity index (χ0) is 17.8. The van der Waals surface area contributed by atoms with Gasteiger partial charge in [0.1, 0.15) is 0 Å². The fourth-order valence-corrected chi connectivity index (χ4v) is 3.17. The van der Waals surface area contributed by atoms with Crippen LogP contribution in [0.5, 0.6) is 0 Å². The van der Waals surface area contributed by atoms with Gasteiger partial charge in [-0.3, -0.25) is 0 Å². The van der Waals surface area contributed by atoms with Crippen molar-refractivity contribution in [3.05, 3.63) is 96.1 Å². The summed E-state index contributed by atoms with van der Waals surface area (Å²) < 4.78 is 4.86. The molecule has 0 bridgehead atoms. The minimum atomic E-state index is -0.904. The van der Waals surface area contributed by atoms with Gasteiger partial charge in [0.25, 0.3) is 0 Å². The normalized spacial score (nSPS) is 13.2. The molecule has 0 aliphatic rings. The zero-order valence-electron chi connectivity index (χ0n) is 14.1. The van der Waals surface area contributed by atoms with Gasteiger partial charge in [0.2, 0.25) is 0 Å². The van der Waals surface area contributed by atoms with E-state index in [1.807, 2.05) is 72.8 Å². The van der Waals surface area contributed by atoms with Crippen molar-refractivity contribution < 1.29 is 14.6 Å². The Hall–Kier alpha value is -2.91. The van der Waals surface area contributed by atoms with Crippen molar-refractivity contribution in [1.82, 2.24) is 0 Å². The van der Waals surface area contributed by atoms with Gasteiger partial charge in [-0.15, -0.1) is 0 Å². The number of hydrogen-bond donors (Lipinski definition) is 1. The van der Waals surface area contributed by atoms with Gasteiger partial charge < -0.3 is 9.84 Å². The summed E-state index contributed by atoms with van der Waals surface area (Å²) in [4.78, 5) is 12.2. The number of aliphatic hydroxyl groups is 1. The summed E-state index contributed by atoms with van der Waals surface area (Å²) in [5, 5.41) is 13.1. The third-order valence-corrected chi connectivity index (χ3v) is 4.44. The molecule has 0 radical (unpaired) electrons. The molecule has 0 aromatic heterocycles. The van der Waals surface area contributed by atoms with E-state index in [2.05, 4.69) is 6.58 Å². The van der Waals surface area contributed by atoms with Gasteiger partial charge in [-0.25, -0.2) is 4.79 Å². The highest BCUT2D eigenvalue weighted by Gasteiger charge is 2.30. The Kier molecular flexibility index (Phi) is 4.96. The molecule has 3 rings (SSSR count). The van der Waals surface area contributed by atoms with E-state index < -0.39 is 18.0 Å². The van der Waals surface area contributed by atoms with Gasteiger partial charge in [-0.05, 0) is 21.9 Å². The molecule has 126 valence electrons. The molecule has 25 heavy (non-hydrogen) atoms. The van der Waals surface area contributed by atoms with Gasteiger partial charge >= 0.3 is 5.97 Å². The van der Waals surface area contributed by atoms with Crippen molar-refractivity contribution >= 4 is 16.7 Å². The number of esters is 1. The molecule has 0 aliphatic heterocycles. The van der Waals surface area contributed by atoms with E-state index in [0.717, 1.165) is 21.9 Å². The molecule has 0 amide bonds. The molecule has 0 saturated carbocycles. The van der Waals surface area contributed by atoms with Crippen molar-refractivity contribution in [3.63, 3.8) is 0 Å². The van der Waals surface area contributed by atoms with E-state index in [-0.39, 0.29) is 5.57 Å². The van der Waals surface area contributed by atoms with E-state index in [9.17, 15) is 9.90 Å². The Labute approximate surface area is 147 Å². The first kappa shape index (κ1) is 16.9. The second kappa shape index (κ2) is 7.32. The summed E-state index contributed by atoms with van der Waals surface area (Å²) in [6.07, 6.45) is -0.904. The summed E-state index contributed by atoms with van der Waals surface area (Å²) in [7, 11) is 1.32. The van der Waals surface area contributed by atoms with Gasteiger partial charge in [0.05, 0.1) is 13.2 Å². The Balaban J connectivity index is 2.17. The highest BCUT2D eigenvalue weighted by Crippen LogP contribution is 2.39. The van der Waals surface area contributed by atoms with Crippen LogP contribution in [0, 0.1) is 0 Å².